The predicted molar refractivity (Wildman–Crippen MR) is 106 cm³/mol. The zero-order valence-electron chi connectivity index (χ0n) is 15.1. The molecule has 1 unspecified atom stereocenters. The van der Waals surface area contributed by atoms with Crippen LogP contribution in [0.2, 0.25) is 5.02 Å². The molecule has 5 heteroatoms. The zero-order valence-corrected chi connectivity index (χ0v) is 15.8. The van der Waals surface area contributed by atoms with E-state index in [1.54, 1.807) is 11.0 Å². The van der Waals surface area contributed by atoms with Gasteiger partial charge in [0.15, 0.2) is 0 Å². The Bertz CT molecular complexity index is 812. The molecular weight excluding hydrogens is 348 g/mol. The van der Waals surface area contributed by atoms with Crippen LogP contribution in [-0.2, 0) is 22.4 Å². The number of amides is 2. The van der Waals surface area contributed by atoms with Crippen molar-refractivity contribution in [2.45, 2.75) is 33.1 Å². The van der Waals surface area contributed by atoms with Crippen LogP contribution in [0, 0.1) is 5.92 Å². The maximum Gasteiger partial charge on any atom is 0.229 e. The molecule has 1 fully saturated rings. The Morgan fingerprint density at radius 3 is 2.38 bits per heavy atom. The van der Waals surface area contributed by atoms with E-state index in [2.05, 4.69) is 19.2 Å². The molecule has 2 aromatic carbocycles. The summed E-state index contributed by atoms with van der Waals surface area (Å²) < 4.78 is 0. The lowest BCUT2D eigenvalue weighted by Gasteiger charge is -2.19. The number of aryl methyl sites for hydroxylation is 2. The molecule has 26 heavy (non-hydrogen) atoms. The quantitative estimate of drug-likeness (QED) is 0.844. The van der Waals surface area contributed by atoms with E-state index < -0.39 is 0 Å². The van der Waals surface area contributed by atoms with Crippen LogP contribution in [-0.4, -0.2) is 18.4 Å². The number of hydrogen-bond acceptors (Lipinski definition) is 2. The van der Waals surface area contributed by atoms with Crippen LogP contribution in [0.25, 0.3) is 0 Å². The standard InChI is InChI=1S/C21H23ClN2O2/c1-3-14-8-7-9-15(4-2)20(14)23-21(26)16-12-19(25)24(13-16)18-11-6-5-10-17(18)22/h5-11,16H,3-4,12-13H2,1-2H3,(H,23,26). The summed E-state index contributed by atoms with van der Waals surface area (Å²) in [6, 6.07) is 13.3. The molecule has 0 aromatic heterocycles. The highest BCUT2D eigenvalue weighted by Gasteiger charge is 2.36. The summed E-state index contributed by atoms with van der Waals surface area (Å²) in [5.74, 6) is -0.561. The van der Waals surface area contributed by atoms with Gasteiger partial charge in [0.25, 0.3) is 0 Å². The summed E-state index contributed by atoms with van der Waals surface area (Å²) in [7, 11) is 0. The summed E-state index contributed by atoms with van der Waals surface area (Å²) >= 11 is 6.21. The number of carbonyl (C=O) groups is 2. The maximum atomic E-state index is 12.8. The molecule has 1 saturated heterocycles. The topological polar surface area (TPSA) is 49.4 Å². The lowest BCUT2D eigenvalue weighted by atomic mass is 10.0. The fraction of sp³-hybridized carbons (Fsp3) is 0.333. The number of halogens is 1. The van der Waals surface area contributed by atoms with Crippen molar-refractivity contribution in [3.05, 3.63) is 58.6 Å². The number of benzene rings is 2. The lowest BCUT2D eigenvalue weighted by Crippen LogP contribution is -2.28. The number of rotatable bonds is 5. The third kappa shape index (κ3) is 3.61. The van der Waals surface area contributed by atoms with Crippen molar-refractivity contribution < 1.29 is 9.59 Å². The van der Waals surface area contributed by atoms with Gasteiger partial charge in [-0.25, -0.2) is 0 Å². The Balaban J connectivity index is 1.78. The maximum absolute atomic E-state index is 12.8. The van der Waals surface area contributed by atoms with Crippen molar-refractivity contribution in [3.63, 3.8) is 0 Å². The van der Waals surface area contributed by atoms with Crippen molar-refractivity contribution in [1.82, 2.24) is 0 Å². The second-order valence-corrected chi connectivity index (χ2v) is 6.91. The van der Waals surface area contributed by atoms with Gasteiger partial charge in [-0.3, -0.25) is 9.59 Å². The van der Waals surface area contributed by atoms with Crippen molar-refractivity contribution in [1.29, 1.82) is 0 Å². The highest BCUT2D eigenvalue weighted by molar-refractivity contribution is 6.33. The zero-order chi connectivity index (χ0) is 18.7. The van der Waals surface area contributed by atoms with E-state index in [-0.39, 0.29) is 24.2 Å². The number of para-hydroxylation sites is 2. The van der Waals surface area contributed by atoms with Gasteiger partial charge >= 0.3 is 0 Å². The molecule has 1 aliphatic heterocycles. The van der Waals surface area contributed by atoms with Crippen LogP contribution in [0.15, 0.2) is 42.5 Å². The predicted octanol–water partition coefficient (Wildman–Crippen LogP) is 4.46. The molecule has 2 aromatic rings. The van der Waals surface area contributed by atoms with Gasteiger partial charge in [-0.2, -0.15) is 0 Å². The van der Waals surface area contributed by atoms with Gasteiger partial charge in [-0.05, 0) is 36.1 Å². The fourth-order valence-electron chi connectivity index (χ4n) is 3.42. The molecule has 0 bridgehead atoms. The SMILES string of the molecule is CCc1cccc(CC)c1NC(=O)C1CC(=O)N(c2ccccc2Cl)C1. The number of nitrogens with zero attached hydrogens (tertiary/aromatic N) is 1. The minimum Gasteiger partial charge on any atom is -0.325 e. The minimum absolute atomic E-state index is 0.0715. The van der Waals surface area contributed by atoms with E-state index in [0.717, 1.165) is 29.7 Å². The normalized spacial score (nSPS) is 16.8. The van der Waals surface area contributed by atoms with E-state index in [9.17, 15) is 9.59 Å². The molecule has 1 aliphatic rings. The molecule has 2 amide bonds. The van der Waals surface area contributed by atoms with Crippen LogP contribution in [0.5, 0.6) is 0 Å². The van der Waals surface area contributed by atoms with Crippen molar-refractivity contribution >= 4 is 34.8 Å². The number of nitrogens with one attached hydrogen (secondary N) is 1. The molecule has 0 aliphatic carbocycles. The molecule has 136 valence electrons. The Morgan fingerprint density at radius 2 is 1.77 bits per heavy atom. The highest BCUT2D eigenvalue weighted by atomic mass is 35.5. The van der Waals surface area contributed by atoms with Gasteiger partial charge in [0, 0.05) is 18.7 Å². The fourth-order valence-corrected chi connectivity index (χ4v) is 3.65. The highest BCUT2D eigenvalue weighted by Crippen LogP contribution is 2.32. The monoisotopic (exact) mass is 370 g/mol. The van der Waals surface area contributed by atoms with Crippen molar-refractivity contribution in [2.75, 3.05) is 16.8 Å². The largest absolute Gasteiger partial charge is 0.325 e. The van der Waals surface area contributed by atoms with E-state index in [1.165, 1.54) is 0 Å². The molecule has 1 atom stereocenters. The van der Waals surface area contributed by atoms with Crippen LogP contribution < -0.4 is 10.2 Å². The summed E-state index contributed by atoms with van der Waals surface area (Å²) in [4.78, 5) is 26.9. The van der Waals surface area contributed by atoms with Crippen LogP contribution in [0.4, 0.5) is 11.4 Å². The first-order valence-electron chi connectivity index (χ1n) is 9.01. The first-order chi connectivity index (χ1) is 12.5. The van der Waals surface area contributed by atoms with Crippen LogP contribution in [0.1, 0.15) is 31.4 Å². The molecule has 1 heterocycles. The Morgan fingerprint density at radius 1 is 1.12 bits per heavy atom. The molecule has 0 spiro atoms. The molecule has 0 saturated carbocycles. The number of hydrogen-bond donors (Lipinski definition) is 1. The number of anilines is 2. The van der Waals surface area contributed by atoms with E-state index in [0.29, 0.717) is 17.3 Å². The molecule has 3 rings (SSSR count). The van der Waals surface area contributed by atoms with E-state index in [4.69, 9.17) is 11.6 Å². The number of carbonyl (C=O) groups excluding carboxylic acids is 2. The average molecular weight is 371 g/mol. The molecular formula is C21H23ClN2O2. The van der Waals surface area contributed by atoms with Gasteiger partial charge in [-0.1, -0.05) is 55.8 Å². The van der Waals surface area contributed by atoms with Gasteiger partial charge in [0.05, 0.1) is 16.6 Å². The van der Waals surface area contributed by atoms with Crippen LogP contribution in [0.3, 0.4) is 0 Å². The second-order valence-electron chi connectivity index (χ2n) is 6.50. The summed E-state index contributed by atoms with van der Waals surface area (Å²) in [5.41, 5.74) is 3.79. The third-order valence-corrected chi connectivity index (χ3v) is 5.21. The van der Waals surface area contributed by atoms with Gasteiger partial charge in [0.1, 0.15) is 0 Å². The van der Waals surface area contributed by atoms with Gasteiger partial charge in [0.2, 0.25) is 11.8 Å². The van der Waals surface area contributed by atoms with E-state index in [1.807, 2.05) is 36.4 Å². The summed E-state index contributed by atoms with van der Waals surface area (Å²) in [6.07, 6.45) is 1.89. The average Bonchev–Trinajstić information content (AvgIpc) is 3.04. The van der Waals surface area contributed by atoms with Crippen molar-refractivity contribution in [3.8, 4) is 0 Å². The third-order valence-electron chi connectivity index (χ3n) is 4.89. The molecule has 0 radical (unpaired) electrons. The first-order valence-corrected chi connectivity index (χ1v) is 9.39. The summed E-state index contributed by atoms with van der Waals surface area (Å²) in [5, 5.41) is 3.60. The molecule has 4 nitrogen and oxygen atoms in total. The van der Waals surface area contributed by atoms with Gasteiger partial charge < -0.3 is 10.2 Å². The minimum atomic E-state index is -0.381. The first kappa shape index (κ1) is 18.5. The molecule has 1 N–H and O–H groups in total. The Kier molecular flexibility index (Phi) is 5.62. The second kappa shape index (κ2) is 7.92. The van der Waals surface area contributed by atoms with Crippen molar-refractivity contribution in [2.24, 2.45) is 5.92 Å². The van der Waals surface area contributed by atoms with Crippen LogP contribution >= 0.6 is 11.6 Å². The van der Waals surface area contributed by atoms with Gasteiger partial charge in [-0.15, -0.1) is 0 Å². The summed E-state index contributed by atoms with van der Waals surface area (Å²) in [6.45, 7) is 4.50. The van der Waals surface area contributed by atoms with E-state index >= 15 is 0 Å². The lowest BCUT2D eigenvalue weighted by molar-refractivity contribution is -0.122. The Labute approximate surface area is 159 Å². The Hall–Kier alpha value is -2.33. The smallest absolute Gasteiger partial charge is 0.229 e.